The van der Waals surface area contributed by atoms with Crippen LogP contribution in [-0.4, -0.2) is 52.9 Å². The van der Waals surface area contributed by atoms with Crippen LogP contribution in [0, 0.1) is 13.8 Å². The van der Waals surface area contributed by atoms with Crippen LogP contribution in [0.5, 0.6) is 5.75 Å². The number of ether oxygens (including phenoxy) is 2. The Hall–Kier alpha value is -3.94. The number of ketones is 1. The maximum Gasteiger partial charge on any atom is 0.354 e. The Balaban J connectivity index is 1.95. The maximum absolute atomic E-state index is 13.4. The molecule has 0 N–H and O–H groups in total. The molecular formula is C25H27N3O5. The smallest absolute Gasteiger partial charge is 0.354 e. The van der Waals surface area contributed by atoms with Crippen molar-refractivity contribution in [3.8, 4) is 5.75 Å². The summed E-state index contributed by atoms with van der Waals surface area (Å²) in [5, 5.41) is 0. The molecule has 1 aromatic carbocycles. The monoisotopic (exact) mass is 449 g/mol. The van der Waals surface area contributed by atoms with Crippen molar-refractivity contribution < 1.29 is 23.9 Å². The minimum Gasteiger partial charge on any atom is -0.497 e. The second-order valence-electron chi connectivity index (χ2n) is 7.66. The highest BCUT2D eigenvalue weighted by Gasteiger charge is 2.28. The number of carbonyl (C=O) groups excluding carboxylic acids is 3. The Morgan fingerprint density at radius 2 is 1.76 bits per heavy atom. The van der Waals surface area contributed by atoms with Crippen molar-refractivity contribution >= 4 is 17.7 Å². The summed E-state index contributed by atoms with van der Waals surface area (Å²) in [5.41, 5.74) is 3.13. The number of pyridine rings is 1. The molecule has 33 heavy (non-hydrogen) atoms. The number of nitrogens with zero attached hydrogens (tertiary/aromatic N) is 3. The van der Waals surface area contributed by atoms with Crippen LogP contribution in [0.2, 0.25) is 0 Å². The van der Waals surface area contributed by atoms with Gasteiger partial charge in [0.1, 0.15) is 11.4 Å². The van der Waals surface area contributed by atoms with Gasteiger partial charge in [0, 0.05) is 42.8 Å². The standard InChI is InChI=1S/C25H27N3O5/c1-16-22(17(2)27(3)23(16)25(31)33-5)21(29)15-28(14-18-7-6-12-26-13-18)24(30)19-8-10-20(32-4)11-9-19/h6-13H,14-15H2,1-5H3. The van der Waals surface area contributed by atoms with Gasteiger partial charge in [-0.3, -0.25) is 14.6 Å². The van der Waals surface area contributed by atoms with E-state index < -0.39 is 5.97 Å². The summed E-state index contributed by atoms with van der Waals surface area (Å²) in [6.07, 6.45) is 3.31. The third kappa shape index (κ3) is 4.95. The fraction of sp³-hybridized carbons (Fsp3) is 0.280. The van der Waals surface area contributed by atoms with E-state index in [0.29, 0.717) is 33.8 Å². The first kappa shape index (κ1) is 23.7. The normalized spacial score (nSPS) is 10.6. The van der Waals surface area contributed by atoms with Gasteiger partial charge in [-0.25, -0.2) is 4.79 Å². The number of methoxy groups -OCH3 is 2. The zero-order valence-corrected chi connectivity index (χ0v) is 19.4. The Morgan fingerprint density at radius 3 is 2.33 bits per heavy atom. The SMILES string of the molecule is COC(=O)c1c(C)c(C(=O)CN(Cc2cccnc2)C(=O)c2ccc(OC)cc2)c(C)n1C. The fourth-order valence-corrected chi connectivity index (χ4v) is 3.85. The van der Waals surface area contributed by atoms with E-state index in [1.54, 1.807) is 75.3 Å². The minimum absolute atomic E-state index is 0.161. The van der Waals surface area contributed by atoms with Crippen molar-refractivity contribution in [2.45, 2.75) is 20.4 Å². The van der Waals surface area contributed by atoms with Gasteiger partial charge in [0.15, 0.2) is 5.78 Å². The first-order valence-electron chi connectivity index (χ1n) is 10.4. The summed E-state index contributed by atoms with van der Waals surface area (Å²) >= 11 is 0. The highest BCUT2D eigenvalue weighted by Crippen LogP contribution is 2.23. The molecule has 2 aromatic heterocycles. The van der Waals surface area contributed by atoms with Gasteiger partial charge in [-0.05, 0) is 55.3 Å². The van der Waals surface area contributed by atoms with Crippen LogP contribution >= 0.6 is 0 Å². The average molecular weight is 450 g/mol. The molecule has 0 fully saturated rings. The lowest BCUT2D eigenvalue weighted by molar-refractivity contribution is 0.0588. The molecule has 0 unspecified atom stereocenters. The summed E-state index contributed by atoms with van der Waals surface area (Å²) in [5.74, 6) is -0.443. The highest BCUT2D eigenvalue weighted by molar-refractivity contribution is 6.06. The number of hydrogen-bond acceptors (Lipinski definition) is 6. The molecule has 0 aliphatic heterocycles. The molecule has 0 saturated carbocycles. The number of rotatable bonds is 8. The van der Waals surface area contributed by atoms with Gasteiger partial charge in [-0.15, -0.1) is 0 Å². The van der Waals surface area contributed by atoms with Gasteiger partial charge < -0.3 is 18.9 Å². The number of benzene rings is 1. The van der Waals surface area contributed by atoms with Gasteiger partial charge in [-0.2, -0.15) is 0 Å². The second-order valence-corrected chi connectivity index (χ2v) is 7.66. The largest absolute Gasteiger partial charge is 0.497 e. The van der Waals surface area contributed by atoms with Crippen LogP contribution in [0.4, 0.5) is 0 Å². The molecule has 0 spiro atoms. The molecule has 172 valence electrons. The quantitative estimate of drug-likeness (QED) is 0.387. The molecule has 2 heterocycles. The lowest BCUT2D eigenvalue weighted by atomic mass is 10.0. The van der Waals surface area contributed by atoms with Gasteiger partial charge in [-0.1, -0.05) is 6.07 Å². The summed E-state index contributed by atoms with van der Waals surface area (Å²) < 4.78 is 11.7. The van der Waals surface area contributed by atoms with E-state index in [0.717, 1.165) is 5.56 Å². The Kier molecular flexibility index (Phi) is 7.27. The first-order valence-corrected chi connectivity index (χ1v) is 10.4. The lowest BCUT2D eigenvalue weighted by Gasteiger charge is -2.22. The molecule has 0 saturated heterocycles. The molecule has 0 aliphatic carbocycles. The molecule has 3 rings (SSSR count). The molecular weight excluding hydrogens is 422 g/mol. The molecule has 0 radical (unpaired) electrons. The van der Waals surface area contributed by atoms with Crippen molar-refractivity contribution in [3.05, 3.63) is 82.4 Å². The number of hydrogen-bond donors (Lipinski definition) is 0. The fourth-order valence-electron chi connectivity index (χ4n) is 3.85. The van der Waals surface area contributed by atoms with E-state index in [4.69, 9.17) is 9.47 Å². The molecule has 8 heteroatoms. The average Bonchev–Trinajstić information content (AvgIpc) is 3.06. The van der Waals surface area contributed by atoms with Crippen LogP contribution in [0.15, 0.2) is 48.8 Å². The summed E-state index contributed by atoms with van der Waals surface area (Å²) in [4.78, 5) is 44.6. The number of aromatic nitrogens is 2. The maximum atomic E-state index is 13.4. The van der Waals surface area contributed by atoms with E-state index in [-0.39, 0.29) is 24.8 Å². The third-order valence-electron chi connectivity index (χ3n) is 5.64. The number of esters is 1. The Labute approximate surface area is 192 Å². The number of amides is 1. The van der Waals surface area contributed by atoms with Crippen molar-refractivity contribution in [2.24, 2.45) is 7.05 Å². The van der Waals surface area contributed by atoms with Crippen LogP contribution in [0.3, 0.4) is 0 Å². The third-order valence-corrected chi connectivity index (χ3v) is 5.64. The van der Waals surface area contributed by atoms with Crippen LogP contribution < -0.4 is 4.74 Å². The number of carbonyl (C=O) groups is 3. The van der Waals surface area contributed by atoms with Gasteiger partial charge in [0.25, 0.3) is 5.91 Å². The van der Waals surface area contributed by atoms with E-state index in [9.17, 15) is 14.4 Å². The molecule has 3 aromatic rings. The second kappa shape index (κ2) is 10.1. The van der Waals surface area contributed by atoms with Crippen molar-refractivity contribution in [3.63, 3.8) is 0 Å². The van der Waals surface area contributed by atoms with Gasteiger partial charge >= 0.3 is 5.97 Å². The zero-order valence-electron chi connectivity index (χ0n) is 19.4. The van der Waals surface area contributed by atoms with Crippen molar-refractivity contribution in [1.29, 1.82) is 0 Å². The Morgan fingerprint density at radius 1 is 1.06 bits per heavy atom. The molecule has 0 aliphatic rings. The molecule has 0 atom stereocenters. The minimum atomic E-state index is -0.515. The van der Waals surface area contributed by atoms with Gasteiger partial charge in [0.05, 0.1) is 20.8 Å². The van der Waals surface area contributed by atoms with Crippen molar-refractivity contribution in [1.82, 2.24) is 14.5 Å². The molecule has 1 amide bonds. The van der Waals surface area contributed by atoms with Crippen molar-refractivity contribution in [2.75, 3.05) is 20.8 Å². The molecule has 0 bridgehead atoms. The topological polar surface area (TPSA) is 90.7 Å². The lowest BCUT2D eigenvalue weighted by Crippen LogP contribution is -2.35. The van der Waals surface area contributed by atoms with Crippen LogP contribution in [0.25, 0.3) is 0 Å². The first-order chi connectivity index (χ1) is 15.8. The predicted molar refractivity (Wildman–Crippen MR) is 123 cm³/mol. The summed E-state index contributed by atoms with van der Waals surface area (Å²) in [6.45, 7) is 3.53. The highest BCUT2D eigenvalue weighted by atomic mass is 16.5. The molecule has 8 nitrogen and oxygen atoms in total. The van der Waals surface area contributed by atoms with Gasteiger partial charge in [0.2, 0.25) is 0 Å². The predicted octanol–water partition coefficient (Wildman–Crippen LogP) is 3.36. The number of Topliss-reactive ketones (excluding diaryl/α,β-unsaturated/α-hetero) is 1. The van der Waals surface area contributed by atoms with E-state index in [1.165, 1.54) is 12.0 Å². The van der Waals surface area contributed by atoms with E-state index >= 15 is 0 Å². The summed E-state index contributed by atoms with van der Waals surface area (Å²) in [7, 11) is 4.56. The van der Waals surface area contributed by atoms with Crippen LogP contribution in [0.1, 0.15) is 48.0 Å². The zero-order chi connectivity index (χ0) is 24.1. The van der Waals surface area contributed by atoms with E-state index in [2.05, 4.69) is 4.98 Å². The Bertz CT molecular complexity index is 1170. The van der Waals surface area contributed by atoms with Crippen LogP contribution in [-0.2, 0) is 18.3 Å². The summed E-state index contributed by atoms with van der Waals surface area (Å²) in [6, 6.07) is 10.4. The van der Waals surface area contributed by atoms with E-state index in [1.807, 2.05) is 6.07 Å².